The molecule has 1 heterocycles. The molecule has 1 aliphatic heterocycles. The molecule has 2 N–H and O–H groups in total. The minimum absolute atomic E-state index is 0.00294. The average Bonchev–Trinajstić information content (AvgIpc) is 2.98. The summed E-state index contributed by atoms with van der Waals surface area (Å²) in [6, 6.07) is 1.58. The van der Waals surface area contributed by atoms with Crippen molar-refractivity contribution < 1.29 is 26.5 Å². The molecule has 0 amide bonds. The van der Waals surface area contributed by atoms with E-state index in [1.54, 1.807) is 0 Å². The summed E-state index contributed by atoms with van der Waals surface area (Å²) in [5.74, 6) is 0.270. The molecule has 24 heavy (non-hydrogen) atoms. The minimum atomic E-state index is -5.02. The lowest BCUT2D eigenvalue weighted by molar-refractivity contribution is -0.385. The molecule has 1 aliphatic rings. The molecule has 7 nitrogen and oxygen atoms in total. The molecule has 0 radical (unpaired) electrons. The quantitative estimate of drug-likeness (QED) is 0.591. The van der Waals surface area contributed by atoms with Crippen molar-refractivity contribution in [1.29, 1.82) is 0 Å². The van der Waals surface area contributed by atoms with E-state index in [0.29, 0.717) is 12.5 Å². The average molecular weight is 367 g/mol. The molecule has 0 aromatic heterocycles. The molecule has 1 atom stereocenters. The van der Waals surface area contributed by atoms with Crippen LogP contribution in [0.2, 0.25) is 0 Å². The first kappa shape index (κ1) is 18.6. The van der Waals surface area contributed by atoms with Gasteiger partial charge in [-0.25, -0.2) is 13.1 Å². The van der Waals surface area contributed by atoms with Crippen LogP contribution in [0.15, 0.2) is 23.1 Å². The molecule has 11 heteroatoms. The highest BCUT2D eigenvalue weighted by Gasteiger charge is 2.38. The Kier molecular flexibility index (Phi) is 5.45. The first-order valence-corrected chi connectivity index (χ1v) is 8.65. The van der Waals surface area contributed by atoms with Crippen molar-refractivity contribution in [3.63, 3.8) is 0 Å². The molecular weight excluding hydrogens is 351 g/mol. The van der Waals surface area contributed by atoms with Gasteiger partial charge in [-0.1, -0.05) is 0 Å². The van der Waals surface area contributed by atoms with Crippen LogP contribution in [0.3, 0.4) is 0 Å². The van der Waals surface area contributed by atoms with Gasteiger partial charge in [0.05, 0.1) is 15.4 Å². The SMILES string of the molecule is O=[N+]([O-])c1ccc(S(=O)(=O)NCCC2CCNC2)c(C(F)(F)F)c1. The van der Waals surface area contributed by atoms with Crippen molar-refractivity contribution in [1.82, 2.24) is 10.0 Å². The van der Waals surface area contributed by atoms with Crippen molar-refractivity contribution in [2.45, 2.75) is 23.9 Å². The van der Waals surface area contributed by atoms with Crippen LogP contribution < -0.4 is 10.0 Å². The van der Waals surface area contributed by atoms with E-state index in [4.69, 9.17) is 0 Å². The maximum atomic E-state index is 13.1. The van der Waals surface area contributed by atoms with Gasteiger partial charge in [0, 0.05) is 18.7 Å². The summed E-state index contributed by atoms with van der Waals surface area (Å²) in [4.78, 5) is 8.61. The molecule has 0 aliphatic carbocycles. The molecule has 0 saturated carbocycles. The lowest BCUT2D eigenvalue weighted by Gasteiger charge is -2.14. The van der Waals surface area contributed by atoms with Gasteiger partial charge in [-0.15, -0.1) is 0 Å². The number of nitrogens with zero attached hydrogens (tertiary/aromatic N) is 1. The number of hydrogen-bond acceptors (Lipinski definition) is 5. The highest BCUT2D eigenvalue weighted by Crippen LogP contribution is 2.36. The highest BCUT2D eigenvalue weighted by molar-refractivity contribution is 7.89. The van der Waals surface area contributed by atoms with Crippen molar-refractivity contribution in [3.8, 4) is 0 Å². The molecule has 0 bridgehead atoms. The molecule has 134 valence electrons. The van der Waals surface area contributed by atoms with Gasteiger partial charge in [0.2, 0.25) is 10.0 Å². The van der Waals surface area contributed by atoms with E-state index in [1.807, 2.05) is 0 Å². The fourth-order valence-corrected chi connectivity index (χ4v) is 3.78. The maximum Gasteiger partial charge on any atom is 0.417 e. The fraction of sp³-hybridized carbons (Fsp3) is 0.538. The molecule has 1 aromatic rings. The second-order valence-electron chi connectivity index (χ2n) is 5.48. The largest absolute Gasteiger partial charge is 0.417 e. The summed E-state index contributed by atoms with van der Waals surface area (Å²) in [6.07, 6.45) is -3.64. The van der Waals surface area contributed by atoms with Crippen LogP contribution in [0.4, 0.5) is 18.9 Å². The monoisotopic (exact) mass is 367 g/mol. The summed E-state index contributed by atoms with van der Waals surface area (Å²) in [6.45, 7) is 1.58. The summed E-state index contributed by atoms with van der Waals surface area (Å²) >= 11 is 0. The minimum Gasteiger partial charge on any atom is -0.316 e. The van der Waals surface area contributed by atoms with Crippen LogP contribution >= 0.6 is 0 Å². The Morgan fingerprint density at radius 1 is 1.38 bits per heavy atom. The predicted octanol–water partition coefficient (Wildman–Crippen LogP) is 1.89. The third kappa shape index (κ3) is 4.42. The number of non-ortho nitro benzene ring substituents is 1. The lowest BCUT2D eigenvalue weighted by atomic mass is 10.1. The molecule has 1 fully saturated rings. The van der Waals surface area contributed by atoms with Gasteiger partial charge >= 0.3 is 6.18 Å². The highest BCUT2D eigenvalue weighted by atomic mass is 32.2. The molecule has 2 rings (SSSR count). The molecule has 1 saturated heterocycles. The van der Waals surface area contributed by atoms with Crippen LogP contribution in [-0.2, 0) is 16.2 Å². The standard InChI is InChI=1S/C13H16F3N3O4S/c14-13(15,16)11-7-10(19(20)21)1-2-12(11)24(22,23)18-6-4-9-3-5-17-8-9/h1-2,7,9,17-18H,3-6,8H2. The zero-order valence-corrected chi connectivity index (χ0v) is 13.3. The van der Waals surface area contributed by atoms with Gasteiger partial charge in [-0.3, -0.25) is 10.1 Å². The Bertz CT molecular complexity index is 716. The van der Waals surface area contributed by atoms with Crippen molar-refractivity contribution in [2.75, 3.05) is 19.6 Å². The van der Waals surface area contributed by atoms with Gasteiger partial charge in [0.15, 0.2) is 0 Å². The second-order valence-corrected chi connectivity index (χ2v) is 7.22. The number of sulfonamides is 1. The first-order chi connectivity index (χ1) is 11.1. The first-order valence-electron chi connectivity index (χ1n) is 7.17. The fourth-order valence-electron chi connectivity index (χ4n) is 2.52. The third-order valence-electron chi connectivity index (χ3n) is 3.78. The van der Waals surface area contributed by atoms with Crippen molar-refractivity contribution in [2.24, 2.45) is 5.92 Å². The van der Waals surface area contributed by atoms with E-state index in [9.17, 15) is 31.7 Å². The number of hydrogen-bond donors (Lipinski definition) is 2. The zero-order valence-electron chi connectivity index (χ0n) is 12.5. The smallest absolute Gasteiger partial charge is 0.316 e. The van der Waals surface area contributed by atoms with Gasteiger partial charge in [0.25, 0.3) is 5.69 Å². The van der Waals surface area contributed by atoms with Crippen LogP contribution in [0.1, 0.15) is 18.4 Å². The van der Waals surface area contributed by atoms with Crippen LogP contribution in [0.25, 0.3) is 0 Å². The number of benzene rings is 1. The molecule has 0 spiro atoms. The van der Waals surface area contributed by atoms with E-state index in [1.165, 1.54) is 0 Å². The Morgan fingerprint density at radius 3 is 2.62 bits per heavy atom. The van der Waals surface area contributed by atoms with E-state index in [2.05, 4.69) is 10.0 Å². The topological polar surface area (TPSA) is 101 Å². The number of rotatable bonds is 6. The van der Waals surface area contributed by atoms with E-state index < -0.39 is 37.3 Å². The number of nitro benzene ring substituents is 1. The van der Waals surface area contributed by atoms with Gasteiger partial charge < -0.3 is 5.32 Å². The lowest BCUT2D eigenvalue weighted by Crippen LogP contribution is -2.28. The Labute approximate surface area is 136 Å². The second kappa shape index (κ2) is 7.03. The molecule has 1 unspecified atom stereocenters. The van der Waals surface area contributed by atoms with E-state index in [0.717, 1.165) is 25.6 Å². The summed E-state index contributed by atoms with van der Waals surface area (Å²) in [7, 11) is -4.42. The Hall–Kier alpha value is -1.72. The van der Waals surface area contributed by atoms with Crippen molar-refractivity contribution in [3.05, 3.63) is 33.9 Å². The van der Waals surface area contributed by atoms with Crippen molar-refractivity contribution >= 4 is 15.7 Å². The summed E-state index contributed by atoms with van der Waals surface area (Å²) < 4.78 is 65.7. The number of nitrogens with one attached hydrogen (secondary N) is 2. The number of nitro groups is 1. The summed E-state index contributed by atoms with van der Waals surface area (Å²) in [5.41, 5.74) is -2.37. The molecular formula is C13H16F3N3O4S. The number of alkyl halides is 3. The van der Waals surface area contributed by atoms with Gasteiger partial charge in [-0.2, -0.15) is 13.2 Å². The molecule has 1 aromatic carbocycles. The van der Waals surface area contributed by atoms with Gasteiger partial charge in [-0.05, 0) is 37.9 Å². The normalized spacial score (nSPS) is 18.7. The summed E-state index contributed by atoms with van der Waals surface area (Å²) in [5, 5.41) is 13.7. The maximum absolute atomic E-state index is 13.1. The van der Waals surface area contributed by atoms with Crippen LogP contribution in [-0.4, -0.2) is 33.0 Å². The van der Waals surface area contributed by atoms with E-state index in [-0.39, 0.29) is 18.5 Å². The Balaban J connectivity index is 2.22. The Morgan fingerprint density at radius 2 is 2.08 bits per heavy atom. The zero-order chi connectivity index (χ0) is 18.0. The van der Waals surface area contributed by atoms with Crippen LogP contribution in [0.5, 0.6) is 0 Å². The van der Waals surface area contributed by atoms with E-state index >= 15 is 0 Å². The number of halogens is 3. The van der Waals surface area contributed by atoms with Gasteiger partial charge in [0.1, 0.15) is 0 Å². The predicted molar refractivity (Wildman–Crippen MR) is 78.9 cm³/mol. The third-order valence-corrected chi connectivity index (χ3v) is 5.30. The van der Waals surface area contributed by atoms with Crippen LogP contribution in [0, 0.1) is 16.0 Å².